The topological polar surface area (TPSA) is 41.1 Å². The van der Waals surface area contributed by atoms with E-state index in [-0.39, 0.29) is 11.9 Å². The van der Waals surface area contributed by atoms with Crippen molar-refractivity contribution in [3.63, 3.8) is 0 Å². The zero-order valence-corrected chi connectivity index (χ0v) is 11.7. The average molecular weight is 260 g/mol. The fourth-order valence-corrected chi connectivity index (χ4v) is 2.68. The van der Waals surface area contributed by atoms with Crippen LogP contribution in [-0.4, -0.2) is 24.5 Å². The van der Waals surface area contributed by atoms with E-state index in [1.54, 1.807) is 0 Å². The minimum atomic E-state index is 0.0207. The molecule has 0 bridgehead atoms. The summed E-state index contributed by atoms with van der Waals surface area (Å²) in [5.74, 6) is 0.167. The smallest absolute Gasteiger partial charge is 0.237 e. The summed E-state index contributed by atoms with van der Waals surface area (Å²) in [4.78, 5) is 11.6. The van der Waals surface area contributed by atoms with Crippen LogP contribution in [0.5, 0.6) is 0 Å². The summed E-state index contributed by atoms with van der Waals surface area (Å²) in [6.07, 6.45) is 5.39. The van der Waals surface area contributed by atoms with Crippen molar-refractivity contribution in [3.8, 4) is 0 Å². The van der Waals surface area contributed by atoms with Gasteiger partial charge < -0.3 is 10.6 Å². The van der Waals surface area contributed by atoms with Crippen molar-refractivity contribution in [2.75, 3.05) is 6.54 Å². The van der Waals surface area contributed by atoms with Gasteiger partial charge >= 0.3 is 0 Å². The van der Waals surface area contributed by atoms with Crippen molar-refractivity contribution in [3.05, 3.63) is 35.9 Å². The molecule has 1 unspecified atom stereocenters. The van der Waals surface area contributed by atoms with Gasteiger partial charge in [0.2, 0.25) is 5.91 Å². The first-order chi connectivity index (χ1) is 9.29. The van der Waals surface area contributed by atoms with Gasteiger partial charge in [-0.05, 0) is 31.2 Å². The standard InChI is InChI=1S/C16H24N2O/c1-2-6-14(18-15-11-12-17-16(15)19)10-9-13-7-4-3-5-8-13/h3-5,7-8,14-15,18H,2,6,9-12H2,1H3,(H,17,19)/t14?,15-/m0/s1. The Kier molecular flexibility index (Phi) is 5.40. The molecule has 0 radical (unpaired) electrons. The monoisotopic (exact) mass is 260 g/mol. The number of aryl methyl sites for hydroxylation is 1. The van der Waals surface area contributed by atoms with Gasteiger partial charge in [0, 0.05) is 12.6 Å². The molecule has 0 saturated carbocycles. The molecule has 2 N–H and O–H groups in total. The minimum absolute atomic E-state index is 0.0207. The van der Waals surface area contributed by atoms with Crippen LogP contribution < -0.4 is 10.6 Å². The molecule has 2 rings (SSSR count). The highest BCUT2D eigenvalue weighted by atomic mass is 16.2. The van der Waals surface area contributed by atoms with Crippen LogP contribution in [0.25, 0.3) is 0 Å². The Morgan fingerprint density at radius 2 is 2.11 bits per heavy atom. The van der Waals surface area contributed by atoms with Gasteiger partial charge in [0.05, 0.1) is 6.04 Å². The summed E-state index contributed by atoms with van der Waals surface area (Å²) < 4.78 is 0. The van der Waals surface area contributed by atoms with Gasteiger partial charge in [-0.1, -0.05) is 43.7 Å². The molecule has 3 nitrogen and oxygen atoms in total. The third kappa shape index (κ3) is 4.35. The number of hydrogen-bond acceptors (Lipinski definition) is 2. The van der Waals surface area contributed by atoms with Gasteiger partial charge in [0.1, 0.15) is 0 Å². The van der Waals surface area contributed by atoms with E-state index in [9.17, 15) is 4.79 Å². The molecule has 1 amide bonds. The Bertz CT molecular complexity index is 391. The molecular weight excluding hydrogens is 236 g/mol. The highest BCUT2D eigenvalue weighted by molar-refractivity contribution is 5.83. The fourth-order valence-electron chi connectivity index (χ4n) is 2.68. The summed E-state index contributed by atoms with van der Waals surface area (Å²) in [6.45, 7) is 3.01. The minimum Gasteiger partial charge on any atom is -0.355 e. The van der Waals surface area contributed by atoms with Crippen LogP contribution in [0.3, 0.4) is 0 Å². The normalized spacial score (nSPS) is 20.3. The second-order valence-electron chi connectivity index (χ2n) is 5.31. The lowest BCUT2D eigenvalue weighted by Crippen LogP contribution is -2.42. The third-order valence-electron chi connectivity index (χ3n) is 3.75. The predicted molar refractivity (Wildman–Crippen MR) is 78.0 cm³/mol. The Morgan fingerprint density at radius 3 is 2.74 bits per heavy atom. The Labute approximate surface area is 115 Å². The quantitative estimate of drug-likeness (QED) is 0.789. The molecule has 19 heavy (non-hydrogen) atoms. The van der Waals surface area contributed by atoms with E-state index in [2.05, 4.69) is 41.8 Å². The molecular formula is C16H24N2O. The lowest BCUT2D eigenvalue weighted by atomic mass is 10.0. The van der Waals surface area contributed by atoms with Crippen LogP contribution in [0.1, 0.15) is 38.2 Å². The predicted octanol–water partition coefficient (Wildman–Crippen LogP) is 2.27. The number of amides is 1. The number of carbonyl (C=O) groups is 1. The SMILES string of the molecule is CCCC(CCc1ccccc1)N[C@H]1CCNC1=O. The molecule has 1 aromatic rings. The van der Waals surface area contributed by atoms with E-state index in [1.807, 2.05) is 6.07 Å². The van der Waals surface area contributed by atoms with E-state index in [1.165, 1.54) is 5.56 Å². The van der Waals surface area contributed by atoms with Gasteiger partial charge in [-0.25, -0.2) is 0 Å². The summed E-state index contributed by atoms with van der Waals surface area (Å²) in [6, 6.07) is 11.0. The second kappa shape index (κ2) is 7.29. The van der Waals surface area contributed by atoms with Crippen LogP contribution >= 0.6 is 0 Å². The first-order valence-corrected chi connectivity index (χ1v) is 7.37. The largest absolute Gasteiger partial charge is 0.355 e. The van der Waals surface area contributed by atoms with E-state index in [0.29, 0.717) is 6.04 Å². The number of rotatable bonds is 7. The summed E-state index contributed by atoms with van der Waals surface area (Å²) in [7, 11) is 0. The first kappa shape index (κ1) is 14.1. The third-order valence-corrected chi connectivity index (χ3v) is 3.75. The summed E-state index contributed by atoms with van der Waals surface area (Å²) in [5.41, 5.74) is 1.38. The Morgan fingerprint density at radius 1 is 1.32 bits per heavy atom. The highest BCUT2D eigenvalue weighted by Gasteiger charge is 2.25. The van der Waals surface area contributed by atoms with Gasteiger partial charge in [-0.2, -0.15) is 0 Å². The van der Waals surface area contributed by atoms with Crippen molar-refractivity contribution >= 4 is 5.91 Å². The molecule has 1 fully saturated rings. The zero-order valence-electron chi connectivity index (χ0n) is 11.7. The maximum atomic E-state index is 11.6. The molecule has 0 spiro atoms. The molecule has 0 aromatic heterocycles. The lowest BCUT2D eigenvalue weighted by molar-refractivity contribution is -0.121. The molecule has 1 aliphatic heterocycles. The molecule has 3 heteroatoms. The molecule has 0 aliphatic carbocycles. The molecule has 1 aromatic carbocycles. The van der Waals surface area contributed by atoms with Crippen LogP contribution in [0.4, 0.5) is 0 Å². The van der Waals surface area contributed by atoms with Crippen molar-refractivity contribution in [1.82, 2.24) is 10.6 Å². The maximum Gasteiger partial charge on any atom is 0.237 e. The number of hydrogen-bond donors (Lipinski definition) is 2. The van der Waals surface area contributed by atoms with Crippen molar-refractivity contribution in [1.29, 1.82) is 0 Å². The number of benzene rings is 1. The lowest BCUT2D eigenvalue weighted by Gasteiger charge is -2.21. The zero-order chi connectivity index (χ0) is 13.5. The highest BCUT2D eigenvalue weighted by Crippen LogP contribution is 2.11. The molecule has 1 saturated heterocycles. The average Bonchev–Trinajstić information content (AvgIpc) is 2.83. The van der Waals surface area contributed by atoms with Crippen LogP contribution in [0, 0.1) is 0 Å². The fraction of sp³-hybridized carbons (Fsp3) is 0.562. The summed E-state index contributed by atoms with van der Waals surface area (Å²) in [5, 5.41) is 6.41. The van der Waals surface area contributed by atoms with Crippen LogP contribution in [0.2, 0.25) is 0 Å². The Hall–Kier alpha value is -1.35. The van der Waals surface area contributed by atoms with Crippen LogP contribution in [-0.2, 0) is 11.2 Å². The van der Waals surface area contributed by atoms with Crippen LogP contribution in [0.15, 0.2) is 30.3 Å². The number of nitrogens with one attached hydrogen (secondary N) is 2. The second-order valence-corrected chi connectivity index (χ2v) is 5.31. The molecule has 1 aliphatic rings. The molecule has 1 heterocycles. The van der Waals surface area contributed by atoms with Crippen molar-refractivity contribution < 1.29 is 4.79 Å². The van der Waals surface area contributed by atoms with Crippen molar-refractivity contribution in [2.24, 2.45) is 0 Å². The van der Waals surface area contributed by atoms with E-state index in [0.717, 1.165) is 38.6 Å². The molecule has 104 valence electrons. The van der Waals surface area contributed by atoms with Gasteiger partial charge in [0.25, 0.3) is 0 Å². The van der Waals surface area contributed by atoms with Gasteiger partial charge in [0.15, 0.2) is 0 Å². The number of carbonyl (C=O) groups excluding carboxylic acids is 1. The van der Waals surface area contributed by atoms with Crippen molar-refractivity contribution in [2.45, 2.75) is 51.1 Å². The first-order valence-electron chi connectivity index (χ1n) is 7.37. The molecule has 2 atom stereocenters. The Balaban J connectivity index is 1.83. The van der Waals surface area contributed by atoms with E-state index >= 15 is 0 Å². The summed E-state index contributed by atoms with van der Waals surface area (Å²) >= 11 is 0. The van der Waals surface area contributed by atoms with E-state index < -0.39 is 0 Å². The van der Waals surface area contributed by atoms with E-state index in [4.69, 9.17) is 0 Å². The van der Waals surface area contributed by atoms with Gasteiger partial charge in [-0.3, -0.25) is 4.79 Å². The maximum absolute atomic E-state index is 11.6. The van der Waals surface area contributed by atoms with Gasteiger partial charge in [-0.15, -0.1) is 0 Å².